The van der Waals surface area contributed by atoms with Crippen LogP contribution < -0.4 is 10.2 Å². The molecule has 1 aromatic carbocycles. The summed E-state index contributed by atoms with van der Waals surface area (Å²) in [6.07, 6.45) is 0. The van der Waals surface area contributed by atoms with E-state index in [9.17, 15) is 9.59 Å². The molecule has 0 unspecified atom stereocenters. The number of amides is 1. The van der Waals surface area contributed by atoms with E-state index in [1.54, 1.807) is 36.9 Å². The molecule has 1 amide bonds. The van der Waals surface area contributed by atoms with Gasteiger partial charge in [-0.3, -0.25) is 9.48 Å². The van der Waals surface area contributed by atoms with Crippen molar-refractivity contribution >= 4 is 23.3 Å². The highest BCUT2D eigenvalue weighted by molar-refractivity contribution is 5.96. The number of carbonyl (C=O) groups excluding carboxylic acids is 2. The van der Waals surface area contributed by atoms with Crippen molar-refractivity contribution < 1.29 is 14.3 Å². The average Bonchev–Trinajstić information content (AvgIpc) is 2.79. The van der Waals surface area contributed by atoms with Gasteiger partial charge in [0.25, 0.3) is 5.91 Å². The number of esters is 1. The third-order valence-corrected chi connectivity index (χ3v) is 3.71. The molecule has 0 aliphatic carbocycles. The van der Waals surface area contributed by atoms with Gasteiger partial charge < -0.3 is 15.0 Å². The smallest absolute Gasteiger partial charge is 0.338 e. The van der Waals surface area contributed by atoms with E-state index >= 15 is 0 Å². The van der Waals surface area contributed by atoms with Crippen LogP contribution in [0.25, 0.3) is 0 Å². The highest BCUT2D eigenvalue weighted by Crippen LogP contribution is 2.18. The highest BCUT2D eigenvalue weighted by Gasteiger charge is 2.15. The van der Waals surface area contributed by atoms with Crippen molar-refractivity contribution in [3.8, 4) is 0 Å². The molecule has 7 nitrogen and oxygen atoms in total. The molecule has 0 bridgehead atoms. The van der Waals surface area contributed by atoms with Gasteiger partial charge in [0.05, 0.1) is 22.6 Å². The Kier molecular flexibility index (Phi) is 5.23. The number of benzene rings is 1. The van der Waals surface area contributed by atoms with E-state index in [-0.39, 0.29) is 6.61 Å². The predicted molar refractivity (Wildman–Crippen MR) is 92.4 cm³/mol. The van der Waals surface area contributed by atoms with Crippen LogP contribution in [-0.4, -0.2) is 42.4 Å². The van der Waals surface area contributed by atoms with Crippen LogP contribution >= 0.6 is 0 Å². The van der Waals surface area contributed by atoms with Gasteiger partial charge in [-0.15, -0.1) is 0 Å². The Morgan fingerprint density at radius 1 is 1.29 bits per heavy atom. The van der Waals surface area contributed by atoms with E-state index in [0.717, 1.165) is 11.4 Å². The van der Waals surface area contributed by atoms with Crippen LogP contribution in [0.15, 0.2) is 24.3 Å². The molecule has 0 saturated heterocycles. The van der Waals surface area contributed by atoms with Gasteiger partial charge in [-0.25, -0.2) is 4.79 Å². The van der Waals surface area contributed by atoms with Crippen LogP contribution in [-0.2, 0) is 16.6 Å². The van der Waals surface area contributed by atoms with E-state index in [0.29, 0.717) is 16.9 Å². The summed E-state index contributed by atoms with van der Waals surface area (Å²) in [6.45, 7) is 3.31. The lowest BCUT2D eigenvalue weighted by Gasteiger charge is -2.13. The molecule has 2 rings (SSSR count). The molecule has 0 spiro atoms. The number of aryl methyl sites for hydroxylation is 2. The van der Waals surface area contributed by atoms with Crippen LogP contribution in [0.1, 0.15) is 21.7 Å². The van der Waals surface area contributed by atoms with Gasteiger partial charge in [-0.05, 0) is 32.0 Å². The number of nitrogens with zero attached hydrogens (tertiary/aromatic N) is 3. The molecule has 0 fully saturated rings. The molecular formula is C17H22N4O3. The van der Waals surface area contributed by atoms with Crippen molar-refractivity contribution in [3.63, 3.8) is 0 Å². The first-order valence-corrected chi connectivity index (χ1v) is 7.54. The number of aromatic nitrogens is 2. The summed E-state index contributed by atoms with van der Waals surface area (Å²) in [5.41, 5.74) is 3.49. The molecule has 2 aromatic rings. The fraction of sp³-hybridized carbons (Fsp3) is 0.353. The second kappa shape index (κ2) is 7.16. The Balaban J connectivity index is 1.96. The molecule has 7 heteroatoms. The summed E-state index contributed by atoms with van der Waals surface area (Å²) in [5.74, 6) is -0.931. The van der Waals surface area contributed by atoms with Gasteiger partial charge in [-0.2, -0.15) is 5.10 Å². The van der Waals surface area contributed by atoms with E-state index in [2.05, 4.69) is 10.4 Å². The molecule has 0 saturated carbocycles. The number of nitrogens with one attached hydrogen (secondary N) is 1. The van der Waals surface area contributed by atoms with Gasteiger partial charge >= 0.3 is 5.97 Å². The minimum atomic E-state index is -0.534. The zero-order chi connectivity index (χ0) is 17.9. The molecule has 0 aliphatic rings. The third kappa shape index (κ3) is 3.92. The fourth-order valence-electron chi connectivity index (χ4n) is 2.26. The highest BCUT2D eigenvalue weighted by atomic mass is 16.5. The number of hydrogen-bond acceptors (Lipinski definition) is 5. The second-order valence-corrected chi connectivity index (χ2v) is 5.74. The van der Waals surface area contributed by atoms with E-state index in [4.69, 9.17) is 4.74 Å². The minimum Gasteiger partial charge on any atom is -0.452 e. The van der Waals surface area contributed by atoms with Crippen LogP contribution in [0.3, 0.4) is 0 Å². The molecule has 0 atom stereocenters. The molecule has 1 heterocycles. The van der Waals surface area contributed by atoms with Crippen molar-refractivity contribution in [2.75, 3.05) is 30.9 Å². The lowest BCUT2D eigenvalue weighted by Crippen LogP contribution is -2.21. The number of anilines is 2. The monoisotopic (exact) mass is 330 g/mol. The number of rotatable bonds is 5. The predicted octanol–water partition coefficient (Wildman–Crippen LogP) is 1.90. The van der Waals surface area contributed by atoms with Crippen molar-refractivity contribution in [1.82, 2.24) is 9.78 Å². The Morgan fingerprint density at radius 2 is 2.00 bits per heavy atom. The summed E-state index contributed by atoms with van der Waals surface area (Å²) in [7, 11) is 5.57. The van der Waals surface area contributed by atoms with Crippen molar-refractivity contribution in [2.45, 2.75) is 13.8 Å². The largest absolute Gasteiger partial charge is 0.452 e. The quantitative estimate of drug-likeness (QED) is 0.847. The van der Waals surface area contributed by atoms with Gasteiger partial charge in [-0.1, -0.05) is 6.07 Å². The zero-order valence-electron chi connectivity index (χ0n) is 14.6. The topological polar surface area (TPSA) is 76.5 Å². The Bertz CT molecular complexity index is 765. The summed E-state index contributed by atoms with van der Waals surface area (Å²) in [4.78, 5) is 26.0. The SMILES string of the molecule is Cc1nn(C)c(C)c1NC(=O)COC(=O)c1cccc(N(C)C)c1. The number of hydrogen-bond donors (Lipinski definition) is 1. The number of ether oxygens (including phenoxy) is 1. The standard InChI is InChI=1S/C17H22N4O3/c1-11-16(12(2)21(5)19-11)18-15(22)10-24-17(23)13-7-6-8-14(9-13)20(3)4/h6-9H,10H2,1-5H3,(H,18,22). The van der Waals surface area contributed by atoms with Gasteiger partial charge in [0.2, 0.25) is 0 Å². The van der Waals surface area contributed by atoms with Crippen LogP contribution in [0, 0.1) is 13.8 Å². The van der Waals surface area contributed by atoms with Crippen molar-refractivity contribution in [2.24, 2.45) is 7.05 Å². The molecule has 1 aromatic heterocycles. The van der Waals surface area contributed by atoms with Gasteiger partial charge in [0.15, 0.2) is 6.61 Å². The van der Waals surface area contributed by atoms with Gasteiger partial charge in [0.1, 0.15) is 0 Å². The zero-order valence-corrected chi connectivity index (χ0v) is 14.6. The maximum absolute atomic E-state index is 12.1. The normalized spacial score (nSPS) is 10.4. The first-order valence-electron chi connectivity index (χ1n) is 7.54. The Morgan fingerprint density at radius 3 is 2.58 bits per heavy atom. The Hall–Kier alpha value is -2.83. The fourth-order valence-corrected chi connectivity index (χ4v) is 2.26. The van der Waals surface area contributed by atoms with E-state index in [1.165, 1.54) is 0 Å². The molecule has 24 heavy (non-hydrogen) atoms. The molecule has 1 N–H and O–H groups in total. The molecule has 0 radical (unpaired) electrons. The first-order chi connectivity index (χ1) is 11.3. The van der Waals surface area contributed by atoms with Crippen LogP contribution in [0.4, 0.5) is 11.4 Å². The Labute approximate surface area is 141 Å². The molecular weight excluding hydrogens is 308 g/mol. The third-order valence-electron chi connectivity index (χ3n) is 3.71. The summed E-state index contributed by atoms with van der Waals surface area (Å²) in [5, 5.41) is 6.95. The average molecular weight is 330 g/mol. The number of carbonyl (C=O) groups is 2. The minimum absolute atomic E-state index is 0.348. The van der Waals surface area contributed by atoms with E-state index in [1.807, 2.05) is 32.0 Å². The molecule has 0 aliphatic heterocycles. The summed E-state index contributed by atoms with van der Waals surface area (Å²) >= 11 is 0. The molecule has 128 valence electrons. The second-order valence-electron chi connectivity index (χ2n) is 5.74. The maximum Gasteiger partial charge on any atom is 0.338 e. The lowest BCUT2D eigenvalue weighted by atomic mass is 10.2. The summed E-state index contributed by atoms with van der Waals surface area (Å²) < 4.78 is 6.77. The van der Waals surface area contributed by atoms with Crippen molar-refractivity contribution in [3.05, 3.63) is 41.2 Å². The van der Waals surface area contributed by atoms with E-state index < -0.39 is 11.9 Å². The lowest BCUT2D eigenvalue weighted by molar-refractivity contribution is -0.119. The first kappa shape index (κ1) is 17.5. The van der Waals surface area contributed by atoms with Crippen LogP contribution in [0.5, 0.6) is 0 Å². The van der Waals surface area contributed by atoms with Gasteiger partial charge in [0, 0.05) is 26.8 Å². The van der Waals surface area contributed by atoms with Crippen molar-refractivity contribution in [1.29, 1.82) is 0 Å². The van der Waals surface area contributed by atoms with Crippen LogP contribution in [0.2, 0.25) is 0 Å². The maximum atomic E-state index is 12.1. The summed E-state index contributed by atoms with van der Waals surface area (Å²) in [6, 6.07) is 7.03.